The van der Waals surface area contributed by atoms with Gasteiger partial charge in [-0.1, -0.05) is 60.5 Å². The molecule has 0 unspecified atom stereocenters. The predicted molar refractivity (Wildman–Crippen MR) is 132 cm³/mol. The zero-order chi connectivity index (χ0) is 23.5. The first-order chi connectivity index (χ1) is 15.8. The van der Waals surface area contributed by atoms with Crippen molar-refractivity contribution >= 4 is 34.9 Å². The Balaban J connectivity index is 1.47. The summed E-state index contributed by atoms with van der Waals surface area (Å²) in [6.07, 6.45) is 0.948. The molecule has 1 N–H and O–H groups in total. The van der Waals surface area contributed by atoms with Crippen LogP contribution < -0.4 is 5.32 Å². The van der Waals surface area contributed by atoms with Crippen molar-refractivity contribution in [2.45, 2.75) is 39.5 Å². The number of halogens is 2. The molecule has 0 aliphatic rings. The number of carbonyl (C=O) groups is 1. The minimum atomic E-state index is 0.0175. The quantitative estimate of drug-likeness (QED) is 0.374. The van der Waals surface area contributed by atoms with E-state index in [-0.39, 0.29) is 11.8 Å². The van der Waals surface area contributed by atoms with E-state index >= 15 is 0 Å². The lowest BCUT2D eigenvalue weighted by atomic mass is 10.0. The molecule has 2 heterocycles. The highest BCUT2D eigenvalue weighted by Gasteiger charge is 2.17. The summed E-state index contributed by atoms with van der Waals surface area (Å²) in [4.78, 5) is 21.7. The summed E-state index contributed by atoms with van der Waals surface area (Å²) >= 11 is 12.3. The Bertz CT molecular complexity index is 1300. The van der Waals surface area contributed by atoms with Crippen molar-refractivity contribution in [1.29, 1.82) is 0 Å². The lowest BCUT2D eigenvalue weighted by Gasteiger charge is -2.14. The van der Waals surface area contributed by atoms with Crippen molar-refractivity contribution in [2.24, 2.45) is 0 Å². The van der Waals surface area contributed by atoms with E-state index in [4.69, 9.17) is 23.2 Å². The standard InChI is InChI=1S/C25H25Cl2N5O/c1-15(18-7-5-4-6-8-18)14-28-23(33)12-11-20-16(2)29-25-30-24(31-32(25)17(20)3)21-10-9-19(26)13-22(21)27/h4-10,13,15H,11-12,14H2,1-3H3,(H,28,33)/t15-/m1/s1. The second kappa shape index (κ2) is 9.89. The highest BCUT2D eigenvalue weighted by Crippen LogP contribution is 2.29. The number of aryl methyl sites for hydroxylation is 2. The van der Waals surface area contributed by atoms with Gasteiger partial charge in [0.25, 0.3) is 5.78 Å². The Kier molecular flexibility index (Phi) is 6.96. The molecule has 0 saturated carbocycles. The smallest absolute Gasteiger partial charge is 0.253 e. The number of rotatable bonds is 7. The predicted octanol–water partition coefficient (Wildman–Crippen LogP) is 5.57. The summed E-state index contributed by atoms with van der Waals surface area (Å²) in [5.74, 6) is 1.25. The zero-order valence-electron chi connectivity index (χ0n) is 18.8. The van der Waals surface area contributed by atoms with Gasteiger partial charge in [-0.25, -0.2) is 9.50 Å². The molecule has 0 saturated heterocycles. The third-order valence-electron chi connectivity index (χ3n) is 5.80. The van der Waals surface area contributed by atoms with Crippen LogP contribution in [0.25, 0.3) is 17.2 Å². The van der Waals surface area contributed by atoms with Crippen LogP contribution in [0.1, 0.15) is 41.8 Å². The average Bonchev–Trinajstić information content (AvgIpc) is 3.21. The maximum absolute atomic E-state index is 12.5. The van der Waals surface area contributed by atoms with Gasteiger partial charge in [-0.3, -0.25) is 4.79 Å². The molecular weight excluding hydrogens is 457 g/mol. The van der Waals surface area contributed by atoms with Crippen LogP contribution in [0, 0.1) is 13.8 Å². The first kappa shape index (κ1) is 23.2. The molecule has 1 atom stereocenters. The fraction of sp³-hybridized carbons (Fsp3) is 0.280. The number of nitrogens with zero attached hydrogens (tertiary/aromatic N) is 4. The van der Waals surface area contributed by atoms with Crippen LogP contribution in [0.5, 0.6) is 0 Å². The summed E-state index contributed by atoms with van der Waals surface area (Å²) in [5, 5.41) is 8.69. The van der Waals surface area contributed by atoms with Crippen molar-refractivity contribution in [3.8, 4) is 11.4 Å². The molecule has 2 aromatic carbocycles. The third-order valence-corrected chi connectivity index (χ3v) is 6.34. The van der Waals surface area contributed by atoms with Crippen LogP contribution in [0.4, 0.5) is 0 Å². The minimum Gasteiger partial charge on any atom is -0.355 e. The van der Waals surface area contributed by atoms with Gasteiger partial charge >= 0.3 is 0 Å². The van der Waals surface area contributed by atoms with Gasteiger partial charge in [-0.2, -0.15) is 4.98 Å². The molecule has 0 aliphatic heterocycles. The molecule has 0 fully saturated rings. The Morgan fingerprint density at radius 3 is 2.58 bits per heavy atom. The molecule has 170 valence electrons. The summed E-state index contributed by atoms with van der Waals surface area (Å²) in [7, 11) is 0. The highest BCUT2D eigenvalue weighted by atomic mass is 35.5. The molecule has 2 aromatic heterocycles. The first-order valence-corrected chi connectivity index (χ1v) is 11.6. The van der Waals surface area contributed by atoms with Crippen LogP contribution in [0.15, 0.2) is 48.5 Å². The number of nitrogens with one attached hydrogen (secondary N) is 1. The van der Waals surface area contributed by atoms with Crippen LogP contribution in [0.2, 0.25) is 10.0 Å². The Labute approximate surface area is 203 Å². The molecule has 8 heteroatoms. The maximum Gasteiger partial charge on any atom is 0.253 e. The number of hydrogen-bond donors (Lipinski definition) is 1. The molecule has 4 rings (SSSR count). The van der Waals surface area contributed by atoms with E-state index in [9.17, 15) is 4.79 Å². The van der Waals surface area contributed by atoms with Crippen LogP contribution in [0.3, 0.4) is 0 Å². The van der Waals surface area contributed by atoms with Gasteiger partial charge in [0, 0.05) is 34.9 Å². The molecule has 6 nitrogen and oxygen atoms in total. The van der Waals surface area contributed by atoms with E-state index in [1.807, 2.05) is 32.0 Å². The van der Waals surface area contributed by atoms with Gasteiger partial charge in [0.15, 0.2) is 5.82 Å². The van der Waals surface area contributed by atoms with E-state index in [0.29, 0.717) is 46.6 Å². The van der Waals surface area contributed by atoms with Gasteiger partial charge in [0.1, 0.15) is 0 Å². The van der Waals surface area contributed by atoms with Crippen molar-refractivity contribution in [3.05, 3.63) is 81.1 Å². The van der Waals surface area contributed by atoms with Crippen LogP contribution in [-0.2, 0) is 11.2 Å². The summed E-state index contributed by atoms with van der Waals surface area (Å²) in [6.45, 7) is 6.61. The molecular formula is C25H25Cl2N5O. The van der Waals surface area contributed by atoms with Crippen LogP contribution in [-0.4, -0.2) is 32.0 Å². The van der Waals surface area contributed by atoms with E-state index in [1.54, 1.807) is 22.7 Å². The van der Waals surface area contributed by atoms with Crippen LogP contribution >= 0.6 is 23.2 Å². The van der Waals surface area contributed by atoms with Gasteiger partial charge in [-0.15, -0.1) is 5.10 Å². The minimum absolute atomic E-state index is 0.0175. The monoisotopic (exact) mass is 481 g/mol. The average molecular weight is 482 g/mol. The van der Waals surface area contributed by atoms with E-state index in [0.717, 1.165) is 17.0 Å². The lowest BCUT2D eigenvalue weighted by Crippen LogP contribution is -2.27. The molecule has 4 aromatic rings. The number of fused-ring (bicyclic) bond motifs is 1. The second-order valence-corrected chi connectivity index (χ2v) is 8.99. The largest absolute Gasteiger partial charge is 0.355 e. The molecule has 1 amide bonds. The van der Waals surface area contributed by atoms with Gasteiger partial charge in [-0.05, 0) is 55.5 Å². The van der Waals surface area contributed by atoms with E-state index in [2.05, 4.69) is 39.4 Å². The van der Waals surface area contributed by atoms with Crippen molar-refractivity contribution in [3.63, 3.8) is 0 Å². The lowest BCUT2D eigenvalue weighted by molar-refractivity contribution is -0.121. The highest BCUT2D eigenvalue weighted by molar-refractivity contribution is 6.36. The normalized spacial score (nSPS) is 12.2. The SMILES string of the molecule is Cc1nc2nc(-c3ccc(Cl)cc3Cl)nn2c(C)c1CCC(=O)NC[C@@H](C)c1ccccc1. The van der Waals surface area contributed by atoms with Gasteiger partial charge in [0.2, 0.25) is 5.91 Å². The second-order valence-electron chi connectivity index (χ2n) is 8.15. The Hall–Kier alpha value is -2.96. The molecule has 0 spiro atoms. The molecule has 0 radical (unpaired) electrons. The fourth-order valence-corrected chi connectivity index (χ4v) is 4.34. The maximum atomic E-state index is 12.5. The van der Waals surface area contributed by atoms with Crippen molar-refractivity contribution < 1.29 is 4.79 Å². The Morgan fingerprint density at radius 2 is 1.85 bits per heavy atom. The summed E-state index contributed by atoms with van der Waals surface area (Å²) in [5.41, 5.74) is 4.64. The number of hydrogen-bond acceptors (Lipinski definition) is 4. The number of aromatic nitrogens is 4. The zero-order valence-corrected chi connectivity index (χ0v) is 20.3. The molecule has 33 heavy (non-hydrogen) atoms. The van der Waals surface area contributed by atoms with E-state index < -0.39 is 0 Å². The number of benzene rings is 2. The Morgan fingerprint density at radius 1 is 1.09 bits per heavy atom. The topological polar surface area (TPSA) is 72.2 Å². The number of carbonyl (C=O) groups excluding carboxylic acids is 1. The molecule has 0 bridgehead atoms. The van der Waals surface area contributed by atoms with Crippen molar-refractivity contribution in [1.82, 2.24) is 24.9 Å². The van der Waals surface area contributed by atoms with Gasteiger partial charge in [0.05, 0.1) is 5.02 Å². The van der Waals surface area contributed by atoms with E-state index in [1.165, 1.54) is 5.56 Å². The summed E-state index contributed by atoms with van der Waals surface area (Å²) < 4.78 is 1.71. The fourth-order valence-electron chi connectivity index (χ4n) is 3.85. The number of amides is 1. The third kappa shape index (κ3) is 5.18. The molecule has 0 aliphatic carbocycles. The first-order valence-electron chi connectivity index (χ1n) is 10.8. The van der Waals surface area contributed by atoms with Gasteiger partial charge < -0.3 is 5.32 Å². The van der Waals surface area contributed by atoms with Crippen molar-refractivity contribution in [2.75, 3.05) is 6.54 Å². The summed E-state index contributed by atoms with van der Waals surface area (Å²) in [6, 6.07) is 15.4.